The molecule has 2 amide bonds. The van der Waals surface area contributed by atoms with Crippen LogP contribution in [0.1, 0.15) is 35.7 Å². The molecule has 2 unspecified atom stereocenters. The fourth-order valence-electron chi connectivity index (χ4n) is 1.97. The Hall–Kier alpha value is -1.88. The fraction of sp³-hybridized carbons (Fsp3) is 0.500. The van der Waals surface area contributed by atoms with Gasteiger partial charge in [-0.1, -0.05) is 17.7 Å². The molecular weight excluding hydrogens is 268 g/mol. The minimum atomic E-state index is -1.24. The summed E-state index contributed by atoms with van der Waals surface area (Å²) in [5.74, 6) is -0.172. The lowest BCUT2D eigenvalue weighted by Crippen LogP contribution is -2.49. The standard InChI is InChI=1S/C16H22N2O3/c1-10-3-7-13(8-4-10)15(20)18-11(2)14(19)16(21)17-9-12-5-6-12/h3-4,7-8,11-12,14,19H,5-6,9H2,1-2H3,(H,17,21)(H,18,20). The Morgan fingerprint density at radius 1 is 1.29 bits per heavy atom. The summed E-state index contributed by atoms with van der Waals surface area (Å²) < 4.78 is 0. The van der Waals surface area contributed by atoms with Gasteiger partial charge in [0.25, 0.3) is 11.8 Å². The number of carbonyl (C=O) groups excluding carboxylic acids is 2. The van der Waals surface area contributed by atoms with Gasteiger partial charge >= 0.3 is 0 Å². The highest BCUT2D eigenvalue weighted by Crippen LogP contribution is 2.27. The van der Waals surface area contributed by atoms with Crippen LogP contribution in [0, 0.1) is 12.8 Å². The van der Waals surface area contributed by atoms with Gasteiger partial charge in [-0.25, -0.2) is 0 Å². The molecule has 0 aliphatic heterocycles. The molecule has 1 fully saturated rings. The molecule has 2 atom stereocenters. The second-order valence-corrected chi connectivity index (χ2v) is 5.76. The third kappa shape index (κ3) is 4.56. The van der Waals surface area contributed by atoms with Crippen LogP contribution in [0.3, 0.4) is 0 Å². The summed E-state index contributed by atoms with van der Waals surface area (Å²) in [6, 6.07) is 6.49. The van der Waals surface area contributed by atoms with Crippen molar-refractivity contribution >= 4 is 11.8 Å². The summed E-state index contributed by atoms with van der Waals surface area (Å²) >= 11 is 0. The Balaban J connectivity index is 1.83. The van der Waals surface area contributed by atoms with Crippen molar-refractivity contribution in [2.45, 2.75) is 38.8 Å². The first kappa shape index (κ1) is 15.5. The van der Waals surface area contributed by atoms with E-state index in [0.29, 0.717) is 18.0 Å². The molecule has 2 rings (SSSR count). The Labute approximate surface area is 124 Å². The van der Waals surface area contributed by atoms with Crippen LogP contribution in [0.5, 0.6) is 0 Å². The number of benzene rings is 1. The van der Waals surface area contributed by atoms with Crippen molar-refractivity contribution in [3.8, 4) is 0 Å². The molecule has 1 aliphatic carbocycles. The van der Waals surface area contributed by atoms with E-state index in [1.807, 2.05) is 19.1 Å². The van der Waals surface area contributed by atoms with Crippen molar-refractivity contribution < 1.29 is 14.7 Å². The molecule has 5 nitrogen and oxygen atoms in total. The maximum Gasteiger partial charge on any atom is 0.251 e. The van der Waals surface area contributed by atoms with E-state index < -0.39 is 18.1 Å². The van der Waals surface area contributed by atoms with Crippen LogP contribution in [0.2, 0.25) is 0 Å². The van der Waals surface area contributed by atoms with Crippen molar-refractivity contribution in [3.05, 3.63) is 35.4 Å². The van der Waals surface area contributed by atoms with Crippen molar-refractivity contribution in [1.82, 2.24) is 10.6 Å². The number of hydrogen-bond acceptors (Lipinski definition) is 3. The molecule has 0 saturated heterocycles. The molecule has 0 spiro atoms. The van der Waals surface area contributed by atoms with Crippen LogP contribution in [0.4, 0.5) is 0 Å². The zero-order valence-electron chi connectivity index (χ0n) is 12.4. The number of rotatable bonds is 6. The van der Waals surface area contributed by atoms with E-state index in [-0.39, 0.29) is 5.91 Å². The minimum absolute atomic E-state index is 0.295. The molecule has 114 valence electrons. The zero-order chi connectivity index (χ0) is 15.4. The van der Waals surface area contributed by atoms with Crippen molar-refractivity contribution in [1.29, 1.82) is 0 Å². The van der Waals surface area contributed by atoms with Crippen LogP contribution in [0.15, 0.2) is 24.3 Å². The van der Waals surface area contributed by atoms with E-state index in [2.05, 4.69) is 10.6 Å². The Morgan fingerprint density at radius 2 is 1.90 bits per heavy atom. The van der Waals surface area contributed by atoms with E-state index in [1.165, 1.54) is 0 Å². The van der Waals surface area contributed by atoms with Gasteiger partial charge in [0.05, 0.1) is 6.04 Å². The highest BCUT2D eigenvalue weighted by molar-refractivity contribution is 5.95. The summed E-state index contributed by atoms with van der Waals surface area (Å²) in [4.78, 5) is 23.8. The summed E-state index contributed by atoms with van der Waals surface area (Å²) in [6.45, 7) is 4.17. The Morgan fingerprint density at radius 3 is 2.48 bits per heavy atom. The van der Waals surface area contributed by atoms with Crippen LogP contribution in [-0.2, 0) is 4.79 Å². The number of aliphatic hydroxyl groups excluding tert-OH is 1. The average molecular weight is 290 g/mol. The number of carbonyl (C=O) groups is 2. The van der Waals surface area contributed by atoms with Gasteiger partial charge in [-0.15, -0.1) is 0 Å². The molecule has 3 N–H and O–H groups in total. The van der Waals surface area contributed by atoms with Gasteiger partial charge < -0.3 is 15.7 Å². The van der Waals surface area contributed by atoms with E-state index in [4.69, 9.17) is 0 Å². The van der Waals surface area contributed by atoms with Gasteiger partial charge in [0.15, 0.2) is 6.10 Å². The number of aliphatic hydroxyl groups is 1. The van der Waals surface area contributed by atoms with Crippen LogP contribution in [0.25, 0.3) is 0 Å². The number of amides is 2. The molecule has 1 aromatic carbocycles. The number of aryl methyl sites for hydroxylation is 1. The van der Waals surface area contributed by atoms with Gasteiger partial charge in [-0.2, -0.15) is 0 Å². The first-order chi connectivity index (χ1) is 9.97. The minimum Gasteiger partial charge on any atom is -0.381 e. The third-order valence-electron chi connectivity index (χ3n) is 3.68. The molecule has 0 aromatic heterocycles. The molecule has 1 aliphatic rings. The highest BCUT2D eigenvalue weighted by atomic mass is 16.3. The summed E-state index contributed by atoms with van der Waals surface area (Å²) in [5, 5.41) is 15.3. The molecule has 5 heteroatoms. The van der Waals surface area contributed by atoms with E-state index in [0.717, 1.165) is 18.4 Å². The summed E-state index contributed by atoms with van der Waals surface area (Å²) in [6.07, 6.45) is 1.03. The maximum absolute atomic E-state index is 12.0. The molecule has 0 radical (unpaired) electrons. The van der Waals surface area contributed by atoms with E-state index in [9.17, 15) is 14.7 Å². The van der Waals surface area contributed by atoms with Gasteiger partial charge in [0.2, 0.25) is 0 Å². The topological polar surface area (TPSA) is 78.4 Å². The summed E-state index contributed by atoms with van der Waals surface area (Å²) in [7, 11) is 0. The predicted molar refractivity (Wildman–Crippen MR) is 79.8 cm³/mol. The van der Waals surface area contributed by atoms with Gasteiger partial charge in [0.1, 0.15) is 0 Å². The SMILES string of the molecule is Cc1ccc(C(=O)NC(C)C(O)C(=O)NCC2CC2)cc1. The van der Waals surface area contributed by atoms with E-state index in [1.54, 1.807) is 19.1 Å². The number of hydrogen-bond donors (Lipinski definition) is 3. The largest absolute Gasteiger partial charge is 0.381 e. The molecular formula is C16H22N2O3. The lowest BCUT2D eigenvalue weighted by molar-refractivity contribution is -0.130. The Bertz CT molecular complexity index is 509. The first-order valence-electron chi connectivity index (χ1n) is 7.30. The smallest absolute Gasteiger partial charge is 0.251 e. The molecule has 1 saturated carbocycles. The average Bonchev–Trinajstić information content (AvgIpc) is 3.28. The lowest BCUT2D eigenvalue weighted by atomic mass is 10.1. The molecule has 0 bridgehead atoms. The predicted octanol–water partition coefficient (Wildman–Crippen LogP) is 1.00. The highest BCUT2D eigenvalue weighted by Gasteiger charge is 2.27. The second-order valence-electron chi connectivity index (χ2n) is 5.76. The normalized spacial score (nSPS) is 16.9. The van der Waals surface area contributed by atoms with Crippen molar-refractivity contribution in [3.63, 3.8) is 0 Å². The molecule has 1 aromatic rings. The van der Waals surface area contributed by atoms with Crippen LogP contribution in [-0.4, -0.2) is 35.6 Å². The molecule has 0 heterocycles. The van der Waals surface area contributed by atoms with E-state index >= 15 is 0 Å². The van der Waals surface area contributed by atoms with Gasteiger partial charge in [-0.3, -0.25) is 9.59 Å². The third-order valence-corrected chi connectivity index (χ3v) is 3.68. The first-order valence-corrected chi connectivity index (χ1v) is 7.30. The maximum atomic E-state index is 12.0. The van der Waals surface area contributed by atoms with Crippen molar-refractivity contribution in [2.24, 2.45) is 5.92 Å². The van der Waals surface area contributed by atoms with Gasteiger partial charge in [-0.05, 0) is 44.7 Å². The van der Waals surface area contributed by atoms with Gasteiger partial charge in [0, 0.05) is 12.1 Å². The fourth-order valence-corrected chi connectivity index (χ4v) is 1.97. The lowest BCUT2D eigenvalue weighted by Gasteiger charge is -2.19. The second kappa shape index (κ2) is 6.72. The Kier molecular flexibility index (Phi) is 4.96. The van der Waals surface area contributed by atoms with Crippen molar-refractivity contribution in [2.75, 3.05) is 6.54 Å². The molecule has 21 heavy (non-hydrogen) atoms. The van der Waals surface area contributed by atoms with Crippen LogP contribution < -0.4 is 10.6 Å². The monoisotopic (exact) mass is 290 g/mol. The zero-order valence-corrected chi connectivity index (χ0v) is 12.4. The van der Waals surface area contributed by atoms with Crippen LogP contribution >= 0.6 is 0 Å². The number of nitrogens with one attached hydrogen (secondary N) is 2. The quantitative estimate of drug-likeness (QED) is 0.731. The summed E-state index contributed by atoms with van der Waals surface area (Å²) in [5.41, 5.74) is 1.58.